The highest BCUT2D eigenvalue weighted by Crippen LogP contribution is 2.26. The van der Waals surface area contributed by atoms with Crippen molar-refractivity contribution >= 4 is 5.97 Å². The molecule has 4 heteroatoms. The molecule has 94 valence electrons. The summed E-state index contributed by atoms with van der Waals surface area (Å²) >= 11 is 0. The fourth-order valence-electron chi connectivity index (χ4n) is 1.55. The van der Waals surface area contributed by atoms with Crippen LogP contribution < -0.4 is 0 Å². The van der Waals surface area contributed by atoms with Crippen molar-refractivity contribution in [2.45, 2.75) is 32.3 Å². The standard InChI is InChI=1S/C13H17FO3/c1-3-17-12(15)7-8-13(2,16)10-5-4-6-11(14)9-10/h4-6,9,16H,3,7-8H2,1-2H3. The Balaban J connectivity index is 2.65. The molecule has 0 amide bonds. The van der Waals surface area contributed by atoms with E-state index in [-0.39, 0.29) is 18.8 Å². The number of ether oxygens (including phenoxy) is 1. The molecule has 0 heterocycles. The van der Waals surface area contributed by atoms with Gasteiger partial charge in [0.25, 0.3) is 0 Å². The minimum Gasteiger partial charge on any atom is -0.466 e. The van der Waals surface area contributed by atoms with Crippen molar-refractivity contribution in [3.05, 3.63) is 35.6 Å². The fourth-order valence-corrected chi connectivity index (χ4v) is 1.55. The average Bonchev–Trinajstić information content (AvgIpc) is 2.27. The van der Waals surface area contributed by atoms with E-state index in [9.17, 15) is 14.3 Å². The largest absolute Gasteiger partial charge is 0.466 e. The van der Waals surface area contributed by atoms with Crippen LogP contribution in [0.15, 0.2) is 24.3 Å². The number of halogens is 1. The van der Waals surface area contributed by atoms with Gasteiger partial charge in [-0.2, -0.15) is 0 Å². The topological polar surface area (TPSA) is 46.5 Å². The van der Waals surface area contributed by atoms with Gasteiger partial charge in [0.1, 0.15) is 5.82 Å². The van der Waals surface area contributed by atoms with Gasteiger partial charge in [-0.05, 0) is 38.0 Å². The quantitative estimate of drug-likeness (QED) is 0.804. The molecule has 0 spiro atoms. The molecule has 0 aliphatic heterocycles. The van der Waals surface area contributed by atoms with Crippen molar-refractivity contribution in [3.63, 3.8) is 0 Å². The zero-order valence-electron chi connectivity index (χ0n) is 10.1. The maximum atomic E-state index is 13.0. The van der Waals surface area contributed by atoms with Crippen LogP contribution >= 0.6 is 0 Å². The molecule has 3 nitrogen and oxygen atoms in total. The monoisotopic (exact) mass is 240 g/mol. The third-order valence-corrected chi connectivity index (χ3v) is 2.57. The first-order valence-electron chi connectivity index (χ1n) is 5.60. The molecule has 1 N–H and O–H groups in total. The lowest BCUT2D eigenvalue weighted by molar-refractivity contribution is -0.144. The highest BCUT2D eigenvalue weighted by molar-refractivity contribution is 5.69. The summed E-state index contributed by atoms with van der Waals surface area (Å²) in [6.07, 6.45) is 0.312. The zero-order chi connectivity index (χ0) is 12.9. The molecule has 0 saturated carbocycles. The van der Waals surface area contributed by atoms with E-state index >= 15 is 0 Å². The minimum atomic E-state index is -1.23. The third kappa shape index (κ3) is 4.15. The molecule has 1 aromatic carbocycles. The summed E-state index contributed by atoms with van der Waals surface area (Å²) in [6.45, 7) is 3.60. The molecule has 0 aliphatic rings. The number of hydrogen-bond donors (Lipinski definition) is 1. The number of carbonyl (C=O) groups excluding carboxylic acids is 1. The van der Waals surface area contributed by atoms with E-state index in [1.165, 1.54) is 18.2 Å². The van der Waals surface area contributed by atoms with Gasteiger partial charge in [0.2, 0.25) is 0 Å². The first-order chi connectivity index (χ1) is 7.95. The number of rotatable bonds is 5. The van der Waals surface area contributed by atoms with E-state index in [4.69, 9.17) is 4.74 Å². The summed E-state index contributed by atoms with van der Waals surface area (Å²) in [5, 5.41) is 10.2. The molecular formula is C13H17FO3. The Morgan fingerprint density at radius 3 is 2.82 bits per heavy atom. The first kappa shape index (κ1) is 13.6. The van der Waals surface area contributed by atoms with E-state index in [0.29, 0.717) is 12.2 Å². The van der Waals surface area contributed by atoms with Gasteiger partial charge in [-0.3, -0.25) is 4.79 Å². The van der Waals surface area contributed by atoms with E-state index < -0.39 is 11.4 Å². The number of carbonyl (C=O) groups is 1. The van der Waals surface area contributed by atoms with Crippen molar-refractivity contribution in [2.75, 3.05) is 6.61 Å². The van der Waals surface area contributed by atoms with Crippen molar-refractivity contribution in [1.29, 1.82) is 0 Å². The van der Waals surface area contributed by atoms with Crippen molar-refractivity contribution < 1.29 is 19.0 Å². The highest BCUT2D eigenvalue weighted by atomic mass is 19.1. The van der Waals surface area contributed by atoms with Gasteiger partial charge in [-0.15, -0.1) is 0 Å². The molecule has 1 aromatic rings. The van der Waals surface area contributed by atoms with Crippen LogP contribution in [-0.2, 0) is 15.1 Å². The summed E-state index contributed by atoms with van der Waals surface area (Å²) in [6, 6.07) is 5.74. The maximum absolute atomic E-state index is 13.0. The Kier molecular flexibility index (Phi) is 4.63. The normalized spacial score (nSPS) is 14.1. The average molecular weight is 240 g/mol. The molecule has 0 aromatic heterocycles. The molecule has 0 radical (unpaired) electrons. The van der Waals surface area contributed by atoms with E-state index in [2.05, 4.69) is 0 Å². The smallest absolute Gasteiger partial charge is 0.305 e. The van der Waals surface area contributed by atoms with Gasteiger partial charge in [0.15, 0.2) is 0 Å². The molecule has 1 atom stereocenters. The molecule has 0 saturated heterocycles. The third-order valence-electron chi connectivity index (χ3n) is 2.57. The van der Waals surface area contributed by atoms with Crippen LogP contribution in [0.4, 0.5) is 4.39 Å². The first-order valence-corrected chi connectivity index (χ1v) is 5.60. The second-order valence-corrected chi connectivity index (χ2v) is 4.09. The lowest BCUT2D eigenvalue weighted by Crippen LogP contribution is -2.23. The summed E-state index contributed by atoms with van der Waals surface area (Å²) in [5.74, 6) is -0.761. The molecule has 1 unspecified atom stereocenters. The van der Waals surface area contributed by atoms with Crippen LogP contribution in [0.5, 0.6) is 0 Å². The van der Waals surface area contributed by atoms with Crippen LogP contribution in [0.1, 0.15) is 32.3 Å². The number of benzene rings is 1. The number of aliphatic hydroxyl groups is 1. The van der Waals surface area contributed by atoms with Crippen molar-refractivity contribution in [1.82, 2.24) is 0 Å². The van der Waals surface area contributed by atoms with Crippen LogP contribution in [-0.4, -0.2) is 17.7 Å². The van der Waals surface area contributed by atoms with Crippen molar-refractivity contribution in [3.8, 4) is 0 Å². The molecule has 0 bridgehead atoms. The molecule has 0 fully saturated rings. The summed E-state index contributed by atoms with van der Waals surface area (Å²) in [7, 11) is 0. The van der Waals surface area contributed by atoms with Crippen molar-refractivity contribution in [2.24, 2.45) is 0 Å². The van der Waals surface area contributed by atoms with Gasteiger partial charge in [-0.1, -0.05) is 12.1 Å². The van der Waals surface area contributed by atoms with Crippen LogP contribution in [0.25, 0.3) is 0 Å². The van der Waals surface area contributed by atoms with Gasteiger partial charge in [-0.25, -0.2) is 4.39 Å². The summed E-state index contributed by atoms with van der Waals surface area (Å²) in [5.41, 5.74) is -0.767. The molecule has 17 heavy (non-hydrogen) atoms. The Morgan fingerprint density at radius 1 is 1.53 bits per heavy atom. The molecule has 0 aliphatic carbocycles. The molecule has 1 rings (SSSR count). The number of esters is 1. The second kappa shape index (κ2) is 5.77. The summed E-state index contributed by atoms with van der Waals surface area (Å²) in [4.78, 5) is 11.2. The lowest BCUT2D eigenvalue weighted by atomic mass is 9.91. The second-order valence-electron chi connectivity index (χ2n) is 4.09. The number of hydrogen-bond acceptors (Lipinski definition) is 3. The van der Waals surface area contributed by atoms with Gasteiger partial charge >= 0.3 is 5.97 Å². The highest BCUT2D eigenvalue weighted by Gasteiger charge is 2.24. The molecular weight excluding hydrogens is 223 g/mol. The van der Waals surface area contributed by atoms with E-state index in [0.717, 1.165) is 0 Å². The Labute approximate surface area is 100 Å². The van der Waals surface area contributed by atoms with E-state index in [1.807, 2.05) is 0 Å². The van der Waals surface area contributed by atoms with Crippen LogP contribution in [0.2, 0.25) is 0 Å². The summed E-state index contributed by atoms with van der Waals surface area (Å²) < 4.78 is 17.8. The van der Waals surface area contributed by atoms with Gasteiger partial charge in [0, 0.05) is 6.42 Å². The Morgan fingerprint density at radius 2 is 2.24 bits per heavy atom. The Hall–Kier alpha value is -1.42. The van der Waals surface area contributed by atoms with Gasteiger partial charge < -0.3 is 9.84 Å². The predicted molar refractivity (Wildman–Crippen MR) is 61.8 cm³/mol. The minimum absolute atomic E-state index is 0.108. The Bertz CT molecular complexity index is 388. The predicted octanol–water partition coefficient (Wildman–Crippen LogP) is 2.38. The van der Waals surface area contributed by atoms with E-state index in [1.54, 1.807) is 19.9 Å². The maximum Gasteiger partial charge on any atom is 0.305 e. The van der Waals surface area contributed by atoms with Gasteiger partial charge in [0.05, 0.1) is 12.2 Å². The zero-order valence-corrected chi connectivity index (χ0v) is 10.1. The lowest BCUT2D eigenvalue weighted by Gasteiger charge is -2.23. The van der Waals surface area contributed by atoms with Crippen LogP contribution in [0, 0.1) is 5.82 Å². The SMILES string of the molecule is CCOC(=O)CCC(C)(O)c1cccc(F)c1. The van der Waals surface area contributed by atoms with Crippen LogP contribution in [0.3, 0.4) is 0 Å². The fraction of sp³-hybridized carbons (Fsp3) is 0.462.